The molecule has 12 aromatic rings. The normalized spacial score (nSPS) is 14.9. The van der Waals surface area contributed by atoms with E-state index in [1.54, 1.807) is 0 Å². The Morgan fingerprint density at radius 2 is 1.05 bits per heavy atom. The van der Waals surface area contributed by atoms with Crippen LogP contribution in [-0.4, -0.2) is 4.57 Å². The quantitative estimate of drug-likeness (QED) is 0.178. The average molecular weight is 805 g/mol. The van der Waals surface area contributed by atoms with Crippen molar-refractivity contribution in [1.82, 2.24) is 4.57 Å². The van der Waals surface area contributed by atoms with E-state index in [0.29, 0.717) is 0 Å². The van der Waals surface area contributed by atoms with E-state index in [2.05, 4.69) is 216 Å². The molecule has 294 valence electrons. The average Bonchev–Trinajstić information content (AvgIpc) is 3.88. The lowest BCUT2D eigenvalue weighted by atomic mass is 9.58. The van der Waals surface area contributed by atoms with Gasteiger partial charge < -0.3 is 18.6 Å². The fraction of sp³-hybridized carbons (Fsp3) is 0.0169. The summed E-state index contributed by atoms with van der Waals surface area (Å²) in [5.41, 5.74) is 15.0. The lowest BCUT2D eigenvalue weighted by Gasteiger charge is -2.45. The maximum absolute atomic E-state index is 7.07. The SMILES string of the molecule is c1ccc(N(c2ccc3c(c2)Oc2ccccc2C32c3ccccc3-c3cccc4cccc2c34)c2ccc3c4ccccc4n(-c4ccc5oc6ccccc6c5c4)c3c2)cc1. The third-order valence-electron chi connectivity index (χ3n) is 13.6. The van der Waals surface area contributed by atoms with Crippen molar-refractivity contribution in [3.8, 4) is 28.3 Å². The molecule has 0 bridgehead atoms. The lowest BCUT2D eigenvalue weighted by molar-refractivity contribution is 0.435. The van der Waals surface area contributed by atoms with Crippen LogP contribution in [0, 0.1) is 0 Å². The molecule has 0 radical (unpaired) electrons. The van der Waals surface area contributed by atoms with Gasteiger partial charge in [-0.3, -0.25) is 0 Å². The number of para-hydroxylation sites is 4. The maximum Gasteiger partial charge on any atom is 0.135 e. The van der Waals surface area contributed by atoms with Crippen LogP contribution in [0.4, 0.5) is 17.1 Å². The molecule has 0 saturated carbocycles. The number of nitrogens with zero attached hydrogens (tertiary/aromatic N) is 2. The molecule has 1 spiro atoms. The van der Waals surface area contributed by atoms with Crippen LogP contribution in [-0.2, 0) is 5.41 Å². The number of ether oxygens (including phenoxy) is 1. The summed E-state index contributed by atoms with van der Waals surface area (Å²) in [7, 11) is 0. The van der Waals surface area contributed by atoms with Crippen molar-refractivity contribution < 1.29 is 9.15 Å². The molecule has 14 rings (SSSR count). The van der Waals surface area contributed by atoms with Crippen molar-refractivity contribution >= 4 is 71.6 Å². The van der Waals surface area contributed by atoms with Gasteiger partial charge in [-0.1, -0.05) is 146 Å². The van der Waals surface area contributed by atoms with Crippen molar-refractivity contribution in [3.63, 3.8) is 0 Å². The highest BCUT2D eigenvalue weighted by atomic mass is 16.5. The lowest BCUT2D eigenvalue weighted by Crippen LogP contribution is -2.36. The summed E-state index contributed by atoms with van der Waals surface area (Å²) in [6, 6.07) is 79.0. The van der Waals surface area contributed by atoms with Crippen LogP contribution in [0.5, 0.6) is 11.5 Å². The molecule has 4 heteroatoms. The fourth-order valence-corrected chi connectivity index (χ4v) is 11.1. The first-order valence-corrected chi connectivity index (χ1v) is 21.6. The molecule has 0 saturated heterocycles. The van der Waals surface area contributed by atoms with E-state index in [9.17, 15) is 0 Å². The maximum atomic E-state index is 7.07. The number of benzene rings is 10. The zero-order valence-corrected chi connectivity index (χ0v) is 34.0. The fourth-order valence-electron chi connectivity index (χ4n) is 11.1. The number of hydrogen-bond acceptors (Lipinski definition) is 3. The van der Waals surface area contributed by atoms with Crippen LogP contribution >= 0.6 is 0 Å². The highest BCUT2D eigenvalue weighted by molar-refractivity contribution is 6.12. The Morgan fingerprint density at radius 3 is 1.97 bits per heavy atom. The van der Waals surface area contributed by atoms with Gasteiger partial charge in [0, 0.05) is 61.5 Å². The smallest absolute Gasteiger partial charge is 0.135 e. The number of fused-ring (bicyclic) bond motifs is 14. The van der Waals surface area contributed by atoms with Gasteiger partial charge in [0.15, 0.2) is 0 Å². The summed E-state index contributed by atoms with van der Waals surface area (Å²) >= 11 is 0. The van der Waals surface area contributed by atoms with Crippen LogP contribution < -0.4 is 9.64 Å². The van der Waals surface area contributed by atoms with Crippen molar-refractivity contribution in [2.45, 2.75) is 5.41 Å². The van der Waals surface area contributed by atoms with Crippen LogP contribution in [0.25, 0.3) is 71.3 Å². The Hall–Kier alpha value is -8.34. The number of aromatic nitrogens is 1. The van der Waals surface area contributed by atoms with E-state index in [1.807, 2.05) is 12.1 Å². The predicted octanol–water partition coefficient (Wildman–Crippen LogP) is 15.8. The Morgan fingerprint density at radius 1 is 0.381 bits per heavy atom. The van der Waals surface area contributed by atoms with Crippen LogP contribution in [0.1, 0.15) is 22.3 Å². The second-order valence-electron chi connectivity index (χ2n) is 16.8. The Labute approximate surface area is 363 Å². The third kappa shape index (κ3) is 4.69. The first-order valence-electron chi connectivity index (χ1n) is 21.6. The van der Waals surface area contributed by atoms with Gasteiger partial charge in [-0.25, -0.2) is 0 Å². The zero-order valence-electron chi connectivity index (χ0n) is 34.0. The summed E-state index contributed by atoms with van der Waals surface area (Å²) in [6.07, 6.45) is 0. The number of furan rings is 1. The Bertz CT molecular complexity index is 3850. The molecule has 1 atom stereocenters. The van der Waals surface area contributed by atoms with Gasteiger partial charge in [-0.2, -0.15) is 0 Å². The number of hydrogen-bond donors (Lipinski definition) is 0. The molecule has 2 aliphatic rings. The van der Waals surface area contributed by atoms with Gasteiger partial charge in [-0.15, -0.1) is 0 Å². The molecule has 1 unspecified atom stereocenters. The van der Waals surface area contributed by atoms with Crippen molar-refractivity contribution in [1.29, 1.82) is 0 Å². The molecule has 0 fully saturated rings. The van der Waals surface area contributed by atoms with E-state index >= 15 is 0 Å². The summed E-state index contributed by atoms with van der Waals surface area (Å²) in [6.45, 7) is 0. The summed E-state index contributed by atoms with van der Waals surface area (Å²) < 4.78 is 15.7. The standard InChI is InChI=1S/C59H36N2O2/c1-2-16-38(17-3-1)60(40-28-31-44-43-19-5-9-25-52(43)61(53(44)35-40)39-30-33-55-47(34-39)45-20-6-10-26-54(45)62-55)41-29-32-50-57(36-41)63-56-27-11-8-23-49(56)59(50)48-22-7-4-18-42(48)46-21-12-14-37-15-13-24-51(59)58(37)46/h1-36H. The van der Waals surface area contributed by atoms with Gasteiger partial charge in [0.05, 0.1) is 16.4 Å². The van der Waals surface area contributed by atoms with Crippen molar-refractivity contribution in [3.05, 3.63) is 241 Å². The minimum atomic E-state index is -0.605. The molecule has 1 aliphatic carbocycles. The number of rotatable bonds is 4. The summed E-state index contributed by atoms with van der Waals surface area (Å²) in [5.74, 6) is 1.71. The molecular formula is C59H36N2O2. The molecule has 2 aromatic heterocycles. The highest BCUT2D eigenvalue weighted by Crippen LogP contribution is 2.61. The minimum Gasteiger partial charge on any atom is -0.457 e. The molecule has 3 heterocycles. The highest BCUT2D eigenvalue weighted by Gasteiger charge is 2.49. The second-order valence-corrected chi connectivity index (χ2v) is 16.8. The molecule has 0 N–H and O–H groups in total. The van der Waals surface area contributed by atoms with E-state index in [4.69, 9.17) is 9.15 Å². The van der Waals surface area contributed by atoms with Gasteiger partial charge in [0.2, 0.25) is 0 Å². The topological polar surface area (TPSA) is 30.5 Å². The molecular weight excluding hydrogens is 769 g/mol. The summed E-state index contributed by atoms with van der Waals surface area (Å²) in [4.78, 5) is 2.36. The first-order chi connectivity index (χ1) is 31.2. The Balaban J connectivity index is 1.00. The van der Waals surface area contributed by atoms with E-state index in [-0.39, 0.29) is 0 Å². The second kappa shape index (κ2) is 12.8. The monoisotopic (exact) mass is 804 g/mol. The van der Waals surface area contributed by atoms with Crippen LogP contribution in [0.3, 0.4) is 0 Å². The van der Waals surface area contributed by atoms with E-state index in [1.165, 1.54) is 43.8 Å². The minimum absolute atomic E-state index is 0.605. The van der Waals surface area contributed by atoms with Crippen LogP contribution in [0.15, 0.2) is 223 Å². The molecule has 4 nitrogen and oxygen atoms in total. The van der Waals surface area contributed by atoms with E-state index in [0.717, 1.165) is 78.3 Å². The number of anilines is 3. The summed E-state index contributed by atoms with van der Waals surface area (Å²) in [5, 5.41) is 7.14. The van der Waals surface area contributed by atoms with E-state index < -0.39 is 5.41 Å². The van der Waals surface area contributed by atoms with Crippen molar-refractivity contribution in [2.24, 2.45) is 0 Å². The first kappa shape index (κ1) is 34.4. The van der Waals surface area contributed by atoms with Gasteiger partial charge in [-0.05, 0) is 99.8 Å². The molecule has 63 heavy (non-hydrogen) atoms. The third-order valence-corrected chi connectivity index (χ3v) is 13.6. The van der Waals surface area contributed by atoms with Gasteiger partial charge in [0.25, 0.3) is 0 Å². The zero-order chi connectivity index (χ0) is 41.2. The molecule has 0 amide bonds. The Kier molecular flexibility index (Phi) is 7.01. The van der Waals surface area contributed by atoms with Crippen LogP contribution in [0.2, 0.25) is 0 Å². The molecule has 1 aliphatic heterocycles. The predicted molar refractivity (Wildman–Crippen MR) is 258 cm³/mol. The molecule has 10 aromatic carbocycles. The largest absolute Gasteiger partial charge is 0.457 e. The van der Waals surface area contributed by atoms with Gasteiger partial charge in [0.1, 0.15) is 22.7 Å². The van der Waals surface area contributed by atoms with Crippen molar-refractivity contribution in [2.75, 3.05) is 4.90 Å². The van der Waals surface area contributed by atoms with Gasteiger partial charge >= 0.3 is 0 Å².